The number of phosphoric ester groups is 2. The standard InChI is InChI=1S/C11H20N4O10P2/c12-2-4-22-26(18,19)25-27(20,21)23-6-7-5-8(16)10(24-7)15-3-1-9(13)14-11(15)17/h1,3,7-8,10,16H,2,4-6,12H2,(H,18,19)(H,20,21)(H2,13,14,17)/t7-,8-,10+/m0/s1. The third-order valence-electron chi connectivity index (χ3n) is 3.29. The summed E-state index contributed by atoms with van der Waals surface area (Å²) in [5, 5.41) is 10.0. The average Bonchev–Trinajstić information content (AvgIpc) is 2.91. The Morgan fingerprint density at radius 2 is 2.00 bits per heavy atom. The highest BCUT2D eigenvalue weighted by molar-refractivity contribution is 7.61. The first-order valence-corrected chi connectivity index (χ1v) is 10.6. The van der Waals surface area contributed by atoms with Crippen LogP contribution in [-0.2, 0) is 27.2 Å². The zero-order valence-corrected chi connectivity index (χ0v) is 15.6. The van der Waals surface area contributed by atoms with Gasteiger partial charge < -0.3 is 31.1 Å². The van der Waals surface area contributed by atoms with Gasteiger partial charge in [-0.05, 0) is 6.07 Å². The number of hydrogen-bond acceptors (Lipinski definition) is 11. The number of phosphoric acid groups is 2. The Morgan fingerprint density at radius 1 is 1.33 bits per heavy atom. The minimum atomic E-state index is -4.97. The van der Waals surface area contributed by atoms with Gasteiger partial charge in [0.2, 0.25) is 0 Å². The summed E-state index contributed by atoms with van der Waals surface area (Å²) in [7, 11) is -9.82. The number of anilines is 1. The van der Waals surface area contributed by atoms with Crippen LogP contribution in [0.15, 0.2) is 17.1 Å². The summed E-state index contributed by atoms with van der Waals surface area (Å²) in [5.74, 6) is -0.00715. The zero-order valence-electron chi connectivity index (χ0n) is 13.9. The van der Waals surface area contributed by atoms with Crippen LogP contribution in [0.25, 0.3) is 0 Å². The average molecular weight is 430 g/mol. The van der Waals surface area contributed by atoms with Crippen molar-refractivity contribution in [1.29, 1.82) is 0 Å². The van der Waals surface area contributed by atoms with E-state index in [2.05, 4.69) is 18.3 Å². The van der Waals surface area contributed by atoms with Crippen molar-refractivity contribution in [2.75, 3.05) is 25.5 Å². The first-order chi connectivity index (χ1) is 12.5. The minimum Gasteiger partial charge on any atom is -0.388 e. The highest BCUT2D eigenvalue weighted by Crippen LogP contribution is 2.60. The molecule has 1 fully saturated rings. The van der Waals surface area contributed by atoms with E-state index in [0.29, 0.717) is 0 Å². The van der Waals surface area contributed by atoms with Gasteiger partial charge in [-0.3, -0.25) is 13.6 Å². The molecule has 154 valence electrons. The monoisotopic (exact) mass is 430 g/mol. The molecular weight excluding hydrogens is 410 g/mol. The molecule has 1 aromatic rings. The lowest BCUT2D eigenvalue weighted by Crippen LogP contribution is -2.31. The molecule has 0 bridgehead atoms. The predicted molar refractivity (Wildman–Crippen MR) is 89.1 cm³/mol. The number of nitrogen functional groups attached to an aromatic ring is 1. The van der Waals surface area contributed by atoms with E-state index in [1.807, 2.05) is 0 Å². The fourth-order valence-electron chi connectivity index (χ4n) is 2.23. The van der Waals surface area contributed by atoms with Crippen molar-refractivity contribution in [2.45, 2.75) is 24.9 Å². The van der Waals surface area contributed by atoms with E-state index < -0.39 is 46.4 Å². The second-order valence-electron chi connectivity index (χ2n) is 5.43. The third-order valence-corrected chi connectivity index (χ3v) is 5.93. The van der Waals surface area contributed by atoms with Crippen molar-refractivity contribution in [3.8, 4) is 0 Å². The Bertz CT molecular complexity index is 804. The number of aliphatic hydroxyl groups is 1. The SMILES string of the molecule is NCCOP(=O)(O)OP(=O)(O)OC[C@@H]1C[C@H](O)[C@H](n2ccc(N)nc2=O)O1. The predicted octanol–water partition coefficient (Wildman–Crippen LogP) is -1.32. The van der Waals surface area contributed by atoms with E-state index in [1.54, 1.807) is 0 Å². The molecule has 7 N–H and O–H groups in total. The molecule has 0 amide bonds. The van der Waals surface area contributed by atoms with E-state index in [0.717, 1.165) is 4.57 Å². The maximum Gasteiger partial charge on any atom is 0.481 e. The van der Waals surface area contributed by atoms with E-state index >= 15 is 0 Å². The van der Waals surface area contributed by atoms with Gasteiger partial charge in [0.15, 0.2) is 6.23 Å². The first kappa shape index (κ1) is 22.1. The molecule has 2 heterocycles. The summed E-state index contributed by atoms with van der Waals surface area (Å²) in [5.41, 5.74) is 9.71. The van der Waals surface area contributed by atoms with E-state index in [9.17, 15) is 28.8 Å². The molecule has 2 rings (SSSR count). The smallest absolute Gasteiger partial charge is 0.388 e. The van der Waals surface area contributed by atoms with Gasteiger partial charge >= 0.3 is 21.3 Å². The van der Waals surface area contributed by atoms with Crippen LogP contribution in [-0.4, -0.2) is 56.4 Å². The highest BCUT2D eigenvalue weighted by atomic mass is 31.3. The Labute approximate surface area is 152 Å². The molecule has 1 aliphatic heterocycles. The Kier molecular flexibility index (Phi) is 7.27. The van der Waals surface area contributed by atoms with Crippen LogP contribution >= 0.6 is 15.6 Å². The summed E-state index contributed by atoms with van der Waals surface area (Å²) in [6.07, 6.45) is -1.95. The van der Waals surface area contributed by atoms with Crippen LogP contribution in [0.3, 0.4) is 0 Å². The maximum absolute atomic E-state index is 11.8. The van der Waals surface area contributed by atoms with Gasteiger partial charge in [0, 0.05) is 19.2 Å². The summed E-state index contributed by atoms with van der Waals surface area (Å²) in [4.78, 5) is 34.1. The fourth-order valence-corrected chi connectivity index (χ4v) is 4.34. The molecule has 1 aliphatic rings. The molecule has 1 aromatic heterocycles. The Morgan fingerprint density at radius 3 is 2.63 bits per heavy atom. The van der Waals surface area contributed by atoms with Crippen LogP contribution in [0.2, 0.25) is 0 Å². The van der Waals surface area contributed by atoms with Crippen LogP contribution < -0.4 is 17.2 Å². The normalized spacial score (nSPS) is 27.2. The molecule has 14 nitrogen and oxygen atoms in total. The van der Waals surface area contributed by atoms with Crippen LogP contribution in [0.1, 0.15) is 12.6 Å². The lowest BCUT2D eigenvalue weighted by Gasteiger charge is -2.19. The van der Waals surface area contributed by atoms with Gasteiger partial charge in [0.05, 0.1) is 19.3 Å². The van der Waals surface area contributed by atoms with Gasteiger partial charge in [-0.25, -0.2) is 13.9 Å². The van der Waals surface area contributed by atoms with E-state index in [-0.39, 0.29) is 25.4 Å². The summed E-state index contributed by atoms with van der Waals surface area (Å²) >= 11 is 0. The first-order valence-electron chi connectivity index (χ1n) is 7.57. The van der Waals surface area contributed by atoms with Crippen molar-refractivity contribution in [3.63, 3.8) is 0 Å². The van der Waals surface area contributed by atoms with Gasteiger partial charge in [0.1, 0.15) is 11.9 Å². The number of rotatable bonds is 9. The van der Waals surface area contributed by atoms with Gasteiger partial charge in [-0.15, -0.1) is 0 Å². The molecule has 0 spiro atoms. The van der Waals surface area contributed by atoms with Gasteiger partial charge in [0.25, 0.3) is 0 Å². The van der Waals surface area contributed by atoms with Crippen molar-refractivity contribution in [3.05, 3.63) is 22.7 Å². The van der Waals surface area contributed by atoms with Crippen molar-refractivity contribution in [1.82, 2.24) is 9.55 Å². The number of aromatic nitrogens is 2. The number of nitrogens with zero attached hydrogens (tertiary/aromatic N) is 2. The third kappa shape index (κ3) is 6.43. The summed E-state index contributed by atoms with van der Waals surface area (Å²) < 4.78 is 42.6. The van der Waals surface area contributed by atoms with Crippen LogP contribution in [0.4, 0.5) is 5.82 Å². The van der Waals surface area contributed by atoms with E-state index in [1.165, 1.54) is 12.3 Å². The second kappa shape index (κ2) is 8.88. The molecule has 16 heteroatoms. The molecule has 27 heavy (non-hydrogen) atoms. The Hall–Kier alpha value is -1.18. The lowest BCUT2D eigenvalue weighted by molar-refractivity contribution is -0.0524. The highest BCUT2D eigenvalue weighted by Gasteiger charge is 2.40. The molecule has 0 saturated carbocycles. The Balaban J connectivity index is 1.94. The van der Waals surface area contributed by atoms with Crippen LogP contribution in [0, 0.1) is 0 Å². The summed E-state index contributed by atoms with van der Waals surface area (Å²) in [6.45, 7) is -1.06. The lowest BCUT2D eigenvalue weighted by atomic mass is 10.2. The molecule has 0 radical (unpaired) electrons. The number of ether oxygens (including phenoxy) is 1. The van der Waals surface area contributed by atoms with Crippen molar-refractivity contribution in [2.24, 2.45) is 5.73 Å². The molecule has 1 saturated heterocycles. The van der Waals surface area contributed by atoms with Gasteiger partial charge in [-0.2, -0.15) is 9.29 Å². The molecular formula is C11H20N4O10P2. The quantitative estimate of drug-likeness (QED) is 0.287. The van der Waals surface area contributed by atoms with Gasteiger partial charge in [-0.1, -0.05) is 0 Å². The van der Waals surface area contributed by atoms with Crippen molar-refractivity contribution >= 4 is 21.5 Å². The minimum absolute atomic E-state index is 0.00715. The summed E-state index contributed by atoms with van der Waals surface area (Å²) in [6, 6.07) is 1.33. The van der Waals surface area contributed by atoms with Crippen LogP contribution in [0.5, 0.6) is 0 Å². The molecule has 0 aromatic carbocycles. The number of aliphatic hydroxyl groups excluding tert-OH is 1. The number of nitrogens with two attached hydrogens (primary N) is 2. The fraction of sp³-hybridized carbons (Fsp3) is 0.636. The molecule has 0 aliphatic carbocycles. The maximum atomic E-state index is 11.8. The largest absolute Gasteiger partial charge is 0.481 e. The molecule has 2 unspecified atom stereocenters. The number of hydrogen-bond donors (Lipinski definition) is 5. The second-order valence-corrected chi connectivity index (χ2v) is 8.47. The topological polar surface area (TPSA) is 219 Å². The zero-order chi connectivity index (χ0) is 20.2. The molecule has 5 atom stereocenters. The van der Waals surface area contributed by atoms with E-state index in [4.69, 9.17) is 16.2 Å². The van der Waals surface area contributed by atoms with Crippen molar-refractivity contribution < 1.29 is 42.1 Å².